The fraction of sp³-hybridized carbons (Fsp3) is 0.459. The molecule has 2 fully saturated rings. The lowest BCUT2D eigenvalue weighted by Crippen LogP contribution is -2.71. The van der Waals surface area contributed by atoms with Crippen molar-refractivity contribution >= 4 is 17.9 Å². The van der Waals surface area contributed by atoms with Crippen molar-refractivity contribution in [1.29, 1.82) is 5.26 Å². The fourth-order valence-electron chi connectivity index (χ4n) is 8.72. The number of benzene rings is 1. The van der Waals surface area contributed by atoms with Gasteiger partial charge in [-0.25, -0.2) is 9.59 Å². The number of nitrogens with zero attached hydrogens (tertiary/aromatic N) is 2. The molecule has 49 heavy (non-hydrogen) atoms. The highest BCUT2D eigenvalue weighted by Gasteiger charge is 2.71. The fourth-order valence-corrected chi connectivity index (χ4v) is 8.72. The molecule has 3 aromatic rings. The van der Waals surface area contributed by atoms with Gasteiger partial charge in [0.05, 0.1) is 23.3 Å². The van der Waals surface area contributed by atoms with Gasteiger partial charge in [0.15, 0.2) is 0 Å². The van der Waals surface area contributed by atoms with E-state index < -0.39 is 70.1 Å². The van der Waals surface area contributed by atoms with E-state index in [0.717, 1.165) is 0 Å². The smallest absolute Gasteiger partial charge is 0.345 e. The summed E-state index contributed by atoms with van der Waals surface area (Å²) in [6.45, 7) is 8.12. The Morgan fingerprint density at radius 2 is 1.80 bits per heavy atom. The molecule has 0 saturated heterocycles. The monoisotopic (exact) mass is 670 g/mol. The van der Waals surface area contributed by atoms with Gasteiger partial charge in [-0.3, -0.25) is 14.6 Å². The highest BCUT2D eigenvalue weighted by molar-refractivity contribution is 5.89. The second-order valence-corrected chi connectivity index (χ2v) is 13.9. The van der Waals surface area contributed by atoms with E-state index in [9.17, 15) is 29.5 Å². The van der Waals surface area contributed by atoms with Crippen molar-refractivity contribution in [1.82, 2.24) is 4.98 Å². The van der Waals surface area contributed by atoms with Crippen LogP contribution < -0.4 is 10.4 Å². The summed E-state index contributed by atoms with van der Waals surface area (Å²) in [5, 5.41) is 21.5. The number of hydrogen-bond donors (Lipinski definition) is 1. The third-order valence-corrected chi connectivity index (χ3v) is 10.9. The molecule has 3 heterocycles. The second kappa shape index (κ2) is 12.5. The van der Waals surface area contributed by atoms with Crippen LogP contribution in [-0.4, -0.2) is 52.4 Å². The first kappa shape index (κ1) is 33.9. The van der Waals surface area contributed by atoms with Crippen LogP contribution in [0.4, 0.5) is 0 Å². The van der Waals surface area contributed by atoms with Crippen LogP contribution in [-0.2, 0) is 23.8 Å². The highest BCUT2D eigenvalue weighted by atomic mass is 16.6. The van der Waals surface area contributed by atoms with E-state index in [1.165, 1.54) is 50.4 Å². The molecule has 1 aromatic carbocycles. The molecular weight excluding hydrogens is 632 g/mol. The van der Waals surface area contributed by atoms with E-state index in [4.69, 9.17) is 23.4 Å². The average Bonchev–Trinajstić information content (AvgIpc) is 3.06. The van der Waals surface area contributed by atoms with Crippen LogP contribution in [0.25, 0.3) is 11.3 Å². The minimum atomic E-state index is -1.42. The number of aliphatic hydroxyl groups excluding tert-OH is 1. The minimum Gasteiger partial charge on any atom is -0.482 e. The summed E-state index contributed by atoms with van der Waals surface area (Å²) in [6.07, 6.45) is 1.03. The normalized spacial score (nSPS) is 31.4. The summed E-state index contributed by atoms with van der Waals surface area (Å²) in [5.74, 6) is -2.73. The molecule has 6 rings (SSSR count). The van der Waals surface area contributed by atoms with E-state index in [2.05, 4.69) is 4.98 Å². The summed E-state index contributed by atoms with van der Waals surface area (Å²) in [4.78, 5) is 55.9. The lowest BCUT2D eigenvalue weighted by Gasteiger charge is -2.66. The van der Waals surface area contributed by atoms with Crippen molar-refractivity contribution in [2.75, 3.05) is 6.61 Å². The van der Waals surface area contributed by atoms with Crippen LogP contribution in [0.2, 0.25) is 0 Å². The Kier molecular flexibility index (Phi) is 8.61. The summed E-state index contributed by atoms with van der Waals surface area (Å²) in [6, 6.07) is 13.0. The first-order chi connectivity index (χ1) is 23.2. The van der Waals surface area contributed by atoms with Gasteiger partial charge < -0.3 is 28.5 Å². The second-order valence-electron chi connectivity index (χ2n) is 13.9. The summed E-state index contributed by atoms with van der Waals surface area (Å²) in [5.41, 5.74) is -2.92. The molecule has 12 nitrogen and oxygen atoms in total. The molecule has 2 aliphatic carbocycles. The van der Waals surface area contributed by atoms with Crippen LogP contribution in [0, 0.1) is 34.0 Å². The maximum Gasteiger partial charge on any atom is 0.345 e. The number of aliphatic hydroxyl groups is 1. The Morgan fingerprint density at radius 1 is 1.06 bits per heavy atom. The minimum absolute atomic E-state index is 0.0574. The van der Waals surface area contributed by atoms with Gasteiger partial charge in [0.25, 0.3) is 0 Å². The summed E-state index contributed by atoms with van der Waals surface area (Å²) >= 11 is 0. The number of pyridine rings is 1. The van der Waals surface area contributed by atoms with Gasteiger partial charge in [-0.2, -0.15) is 5.26 Å². The number of hydrogen-bond acceptors (Lipinski definition) is 12. The van der Waals surface area contributed by atoms with Crippen molar-refractivity contribution in [3.63, 3.8) is 0 Å². The molecule has 2 unspecified atom stereocenters. The molecule has 256 valence electrons. The number of fused-ring (bicyclic) bond motifs is 4. The zero-order valence-electron chi connectivity index (χ0n) is 27.9. The van der Waals surface area contributed by atoms with E-state index >= 15 is 0 Å². The summed E-state index contributed by atoms with van der Waals surface area (Å²) in [7, 11) is 0. The van der Waals surface area contributed by atoms with Gasteiger partial charge in [0, 0.05) is 49.2 Å². The molecule has 2 aromatic heterocycles. The van der Waals surface area contributed by atoms with E-state index in [-0.39, 0.29) is 35.7 Å². The number of esters is 3. The third-order valence-electron chi connectivity index (χ3n) is 10.9. The van der Waals surface area contributed by atoms with Crippen LogP contribution >= 0.6 is 0 Å². The maximum atomic E-state index is 13.7. The number of nitriles is 1. The predicted molar refractivity (Wildman–Crippen MR) is 172 cm³/mol. The molecule has 0 spiro atoms. The van der Waals surface area contributed by atoms with E-state index in [1.54, 1.807) is 25.3 Å². The number of ether oxygens (including phenoxy) is 4. The van der Waals surface area contributed by atoms with Crippen molar-refractivity contribution < 1.29 is 42.9 Å². The number of carbonyl (C=O) groups is 3. The molecular formula is C37H38N2O10. The maximum absolute atomic E-state index is 13.7. The number of carbonyl (C=O) groups excluding carboxylic acids is 3. The lowest BCUT2D eigenvalue weighted by molar-refractivity contribution is -0.266. The average molecular weight is 671 g/mol. The van der Waals surface area contributed by atoms with Gasteiger partial charge in [0.2, 0.25) is 0 Å². The van der Waals surface area contributed by atoms with Crippen LogP contribution in [0.1, 0.15) is 81.5 Å². The zero-order chi connectivity index (χ0) is 35.3. The quantitative estimate of drug-likeness (QED) is 0.277. The molecule has 8 atom stereocenters. The molecule has 0 bridgehead atoms. The van der Waals surface area contributed by atoms with Gasteiger partial charge >= 0.3 is 23.5 Å². The molecule has 0 amide bonds. The van der Waals surface area contributed by atoms with Crippen LogP contribution in [0.5, 0.6) is 5.75 Å². The Bertz CT molecular complexity index is 1890. The Morgan fingerprint density at radius 3 is 2.43 bits per heavy atom. The van der Waals surface area contributed by atoms with Gasteiger partial charge in [-0.1, -0.05) is 13.8 Å². The summed E-state index contributed by atoms with van der Waals surface area (Å²) < 4.78 is 30.1. The number of rotatable bonds is 6. The topological polar surface area (TPSA) is 175 Å². The van der Waals surface area contributed by atoms with Crippen molar-refractivity contribution in [3.8, 4) is 23.1 Å². The molecule has 1 N–H and O–H groups in total. The first-order valence-electron chi connectivity index (χ1n) is 16.2. The molecule has 2 saturated carbocycles. The highest BCUT2D eigenvalue weighted by Crippen LogP contribution is 2.67. The van der Waals surface area contributed by atoms with Gasteiger partial charge in [-0.15, -0.1) is 0 Å². The van der Waals surface area contributed by atoms with Crippen molar-refractivity contribution in [2.24, 2.45) is 22.7 Å². The standard InChI is InChI=1S/C37H38N2O10/c1-20(40)45-19-36(4)27-16-29(48-33(43)23-10-8-22(17-38)9-11-23)37(5)32(35(27,3)13-12-28(36)46-21(2)41)31(42)30-26(49-37)15-25(47-34(30)44)24-7-6-14-39-18-24/h6-11,14-15,18,27-29,31-32,42H,12-13,16,19H2,1-5H3/t27?,28-,29-,31-,32?,35-,36-,37+/m0/s1. The van der Waals surface area contributed by atoms with Crippen LogP contribution in [0.3, 0.4) is 0 Å². The molecule has 1 aliphatic heterocycles. The molecule has 0 radical (unpaired) electrons. The van der Waals surface area contributed by atoms with Crippen molar-refractivity contribution in [3.05, 3.63) is 82.0 Å². The molecule has 3 aliphatic rings. The van der Waals surface area contributed by atoms with Crippen molar-refractivity contribution in [2.45, 2.75) is 77.8 Å². The Balaban J connectivity index is 1.50. The van der Waals surface area contributed by atoms with Crippen LogP contribution in [0.15, 0.2) is 64.1 Å². The van der Waals surface area contributed by atoms with E-state index in [0.29, 0.717) is 24.0 Å². The predicted octanol–water partition coefficient (Wildman–Crippen LogP) is 4.92. The first-order valence-corrected chi connectivity index (χ1v) is 16.2. The van der Waals surface area contributed by atoms with Gasteiger partial charge in [0.1, 0.15) is 41.5 Å². The molecule has 12 heteroatoms. The van der Waals surface area contributed by atoms with Gasteiger partial charge in [-0.05, 0) is 73.9 Å². The SMILES string of the molecule is CC(=O)OC[C@@]1(C)C2C[C@H](OC(=O)c3ccc(C#N)cc3)[C@@]3(C)Oc4cc(-c5cccnc5)oc(=O)c4[C@H](O)C3[C@@]2(C)CC[C@@H]1OC(C)=O. The largest absolute Gasteiger partial charge is 0.482 e. The Labute approximate surface area is 283 Å². The number of aromatic nitrogens is 1. The lowest BCUT2D eigenvalue weighted by atomic mass is 9.42. The third kappa shape index (κ3) is 5.76. The van der Waals surface area contributed by atoms with E-state index in [1.807, 2.05) is 19.9 Å². The Hall–Kier alpha value is -5.02. The zero-order valence-corrected chi connectivity index (χ0v) is 27.9.